The van der Waals surface area contributed by atoms with Gasteiger partial charge in [0.05, 0.1) is 0 Å². The Bertz CT molecular complexity index is 190. The second-order valence-corrected chi connectivity index (χ2v) is 6.70. The number of nitrogens with zero attached hydrogens (tertiary/aromatic N) is 1. The first-order valence-electron chi connectivity index (χ1n) is 5.73. The normalized spacial score (nSPS) is 40.3. The fraction of sp³-hybridized carbons (Fsp3) is 1.00. The van der Waals surface area contributed by atoms with Crippen molar-refractivity contribution in [1.82, 2.24) is 10.2 Å². The second kappa shape index (κ2) is 4.42. The van der Waals surface area contributed by atoms with Crippen LogP contribution in [0.1, 0.15) is 20.3 Å². The SMILES string of the molecule is CC1CN(CC2(C)CCNC2)CCS1. The highest BCUT2D eigenvalue weighted by molar-refractivity contribution is 7.99. The molecule has 2 saturated heterocycles. The Labute approximate surface area is 91.8 Å². The lowest BCUT2D eigenvalue weighted by molar-refractivity contribution is 0.184. The molecule has 14 heavy (non-hydrogen) atoms. The lowest BCUT2D eigenvalue weighted by Gasteiger charge is -2.36. The molecule has 0 aromatic rings. The molecule has 0 bridgehead atoms. The van der Waals surface area contributed by atoms with E-state index in [4.69, 9.17) is 0 Å². The van der Waals surface area contributed by atoms with E-state index in [0.29, 0.717) is 5.41 Å². The van der Waals surface area contributed by atoms with Crippen LogP contribution in [0.4, 0.5) is 0 Å². The van der Waals surface area contributed by atoms with Gasteiger partial charge in [0.15, 0.2) is 0 Å². The molecule has 0 aromatic heterocycles. The van der Waals surface area contributed by atoms with Crippen LogP contribution in [0.25, 0.3) is 0 Å². The summed E-state index contributed by atoms with van der Waals surface area (Å²) in [5.41, 5.74) is 0.543. The molecule has 2 heterocycles. The van der Waals surface area contributed by atoms with Crippen LogP contribution in [0.15, 0.2) is 0 Å². The third-order valence-corrected chi connectivity index (χ3v) is 4.52. The molecule has 2 nitrogen and oxygen atoms in total. The zero-order valence-corrected chi connectivity index (χ0v) is 10.2. The molecule has 2 atom stereocenters. The first-order chi connectivity index (χ1) is 6.68. The largest absolute Gasteiger partial charge is 0.316 e. The summed E-state index contributed by atoms with van der Waals surface area (Å²) in [6, 6.07) is 0. The molecular formula is C11H22N2S. The molecule has 1 N–H and O–H groups in total. The lowest BCUT2D eigenvalue weighted by Crippen LogP contribution is -2.43. The highest BCUT2D eigenvalue weighted by atomic mass is 32.2. The van der Waals surface area contributed by atoms with Crippen molar-refractivity contribution in [2.75, 3.05) is 38.5 Å². The smallest absolute Gasteiger partial charge is 0.0147 e. The van der Waals surface area contributed by atoms with E-state index in [1.54, 1.807) is 0 Å². The van der Waals surface area contributed by atoms with Crippen LogP contribution in [-0.4, -0.2) is 48.6 Å². The van der Waals surface area contributed by atoms with Gasteiger partial charge in [-0.1, -0.05) is 13.8 Å². The molecule has 0 spiro atoms. The molecule has 2 aliphatic heterocycles. The van der Waals surface area contributed by atoms with Crippen LogP contribution in [0.5, 0.6) is 0 Å². The van der Waals surface area contributed by atoms with Crippen LogP contribution in [0, 0.1) is 5.41 Å². The van der Waals surface area contributed by atoms with Crippen molar-refractivity contribution in [3.63, 3.8) is 0 Å². The zero-order chi connectivity index (χ0) is 10.0. The van der Waals surface area contributed by atoms with E-state index in [0.717, 1.165) is 5.25 Å². The maximum absolute atomic E-state index is 3.48. The van der Waals surface area contributed by atoms with Gasteiger partial charge in [-0.05, 0) is 18.4 Å². The summed E-state index contributed by atoms with van der Waals surface area (Å²) in [7, 11) is 0. The van der Waals surface area contributed by atoms with Crippen LogP contribution >= 0.6 is 11.8 Å². The Morgan fingerprint density at radius 1 is 1.57 bits per heavy atom. The van der Waals surface area contributed by atoms with Crippen LogP contribution in [-0.2, 0) is 0 Å². The Morgan fingerprint density at radius 2 is 2.43 bits per heavy atom. The van der Waals surface area contributed by atoms with E-state index < -0.39 is 0 Å². The molecule has 3 heteroatoms. The van der Waals surface area contributed by atoms with E-state index in [9.17, 15) is 0 Å². The van der Waals surface area contributed by atoms with E-state index in [1.165, 1.54) is 44.9 Å². The standard InChI is InChI=1S/C11H22N2S/c1-10-7-13(5-6-14-10)9-11(2)3-4-12-8-11/h10,12H,3-9H2,1-2H3. The van der Waals surface area contributed by atoms with Crippen molar-refractivity contribution in [2.24, 2.45) is 5.41 Å². The van der Waals surface area contributed by atoms with Gasteiger partial charge in [0, 0.05) is 37.2 Å². The number of rotatable bonds is 2. The Kier molecular flexibility index (Phi) is 3.40. The van der Waals surface area contributed by atoms with Gasteiger partial charge in [0.2, 0.25) is 0 Å². The summed E-state index contributed by atoms with van der Waals surface area (Å²) >= 11 is 2.12. The van der Waals surface area contributed by atoms with Gasteiger partial charge in [-0.25, -0.2) is 0 Å². The molecule has 2 rings (SSSR count). The Balaban J connectivity index is 1.83. The molecule has 0 aromatic carbocycles. The third-order valence-electron chi connectivity index (χ3n) is 3.39. The second-order valence-electron chi connectivity index (χ2n) is 5.15. The summed E-state index contributed by atoms with van der Waals surface area (Å²) < 4.78 is 0. The van der Waals surface area contributed by atoms with Gasteiger partial charge in [-0.2, -0.15) is 11.8 Å². The zero-order valence-electron chi connectivity index (χ0n) is 9.38. The summed E-state index contributed by atoms with van der Waals surface area (Å²) in [5.74, 6) is 1.32. The van der Waals surface area contributed by atoms with E-state index in [-0.39, 0.29) is 0 Å². The first kappa shape index (κ1) is 10.8. The van der Waals surface area contributed by atoms with Gasteiger partial charge in [0.25, 0.3) is 0 Å². The summed E-state index contributed by atoms with van der Waals surface area (Å²) in [4.78, 5) is 2.66. The number of thioether (sulfide) groups is 1. The monoisotopic (exact) mass is 214 g/mol. The average molecular weight is 214 g/mol. The van der Waals surface area contributed by atoms with Gasteiger partial charge in [-0.3, -0.25) is 0 Å². The highest BCUT2D eigenvalue weighted by Gasteiger charge is 2.31. The molecule has 2 fully saturated rings. The maximum atomic E-state index is 3.48. The van der Waals surface area contributed by atoms with Gasteiger partial charge >= 0.3 is 0 Å². The van der Waals surface area contributed by atoms with Crippen LogP contribution in [0.3, 0.4) is 0 Å². The van der Waals surface area contributed by atoms with Crippen molar-refractivity contribution in [3.8, 4) is 0 Å². The quantitative estimate of drug-likeness (QED) is 0.748. The Hall–Kier alpha value is 0.270. The van der Waals surface area contributed by atoms with Crippen molar-refractivity contribution in [1.29, 1.82) is 0 Å². The summed E-state index contributed by atoms with van der Waals surface area (Å²) in [6.07, 6.45) is 1.35. The topological polar surface area (TPSA) is 15.3 Å². The molecule has 0 saturated carbocycles. The number of nitrogens with one attached hydrogen (secondary N) is 1. The molecule has 2 unspecified atom stereocenters. The highest BCUT2D eigenvalue weighted by Crippen LogP contribution is 2.28. The van der Waals surface area contributed by atoms with Crippen molar-refractivity contribution in [2.45, 2.75) is 25.5 Å². The van der Waals surface area contributed by atoms with Crippen LogP contribution in [0.2, 0.25) is 0 Å². The number of hydrogen-bond donors (Lipinski definition) is 1. The molecule has 82 valence electrons. The van der Waals surface area contributed by atoms with E-state index >= 15 is 0 Å². The number of hydrogen-bond acceptors (Lipinski definition) is 3. The molecule has 2 aliphatic rings. The van der Waals surface area contributed by atoms with Gasteiger partial charge in [-0.15, -0.1) is 0 Å². The van der Waals surface area contributed by atoms with Crippen LogP contribution < -0.4 is 5.32 Å². The van der Waals surface area contributed by atoms with Gasteiger partial charge < -0.3 is 10.2 Å². The lowest BCUT2D eigenvalue weighted by atomic mass is 9.89. The third kappa shape index (κ3) is 2.65. The van der Waals surface area contributed by atoms with E-state index in [2.05, 4.69) is 35.8 Å². The summed E-state index contributed by atoms with van der Waals surface area (Å²) in [5, 5.41) is 4.32. The summed E-state index contributed by atoms with van der Waals surface area (Å²) in [6.45, 7) is 11.1. The molecular weight excluding hydrogens is 192 g/mol. The van der Waals surface area contributed by atoms with Crippen molar-refractivity contribution in [3.05, 3.63) is 0 Å². The fourth-order valence-corrected chi connectivity index (χ4v) is 3.66. The van der Waals surface area contributed by atoms with Gasteiger partial charge in [0.1, 0.15) is 0 Å². The predicted octanol–water partition coefficient (Wildman–Crippen LogP) is 1.42. The van der Waals surface area contributed by atoms with Crippen molar-refractivity contribution < 1.29 is 0 Å². The molecule has 0 amide bonds. The minimum Gasteiger partial charge on any atom is -0.316 e. The van der Waals surface area contributed by atoms with E-state index in [1.807, 2.05) is 0 Å². The van der Waals surface area contributed by atoms with Crippen molar-refractivity contribution >= 4 is 11.8 Å². The minimum atomic E-state index is 0.543. The average Bonchev–Trinajstić information content (AvgIpc) is 2.51. The predicted molar refractivity (Wildman–Crippen MR) is 64.0 cm³/mol. The first-order valence-corrected chi connectivity index (χ1v) is 6.78. The fourth-order valence-electron chi connectivity index (χ4n) is 2.58. The Morgan fingerprint density at radius 3 is 3.07 bits per heavy atom. The maximum Gasteiger partial charge on any atom is 0.0147 e. The molecule has 0 radical (unpaired) electrons. The molecule has 0 aliphatic carbocycles. The minimum absolute atomic E-state index is 0.543.